The fourth-order valence-corrected chi connectivity index (χ4v) is 3.85. The quantitative estimate of drug-likeness (QED) is 0.728. The van der Waals surface area contributed by atoms with E-state index in [0.717, 1.165) is 37.9 Å². The highest BCUT2D eigenvalue weighted by molar-refractivity contribution is 6.31. The summed E-state index contributed by atoms with van der Waals surface area (Å²) >= 11 is 6.06. The molecule has 2 aromatic rings. The number of rotatable bonds is 7. The molecule has 154 valence electrons. The van der Waals surface area contributed by atoms with Crippen LogP contribution in [0, 0.1) is 12.8 Å². The number of anilines is 1. The van der Waals surface area contributed by atoms with E-state index in [-0.39, 0.29) is 18.4 Å². The van der Waals surface area contributed by atoms with E-state index in [1.54, 1.807) is 18.2 Å². The average molecular weight is 414 g/mol. The Kier molecular flexibility index (Phi) is 7.67. The molecule has 1 fully saturated rings. The van der Waals surface area contributed by atoms with Gasteiger partial charge in [0.2, 0.25) is 11.8 Å². The molecular formula is C23H28ClN3O2. The SMILES string of the molecule is Cc1c(Cl)cccc1NC(=O)CNC(=O)CN1CCC(Cc2ccccc2)CC1. The lowest BCUT2D eigenvalue weighted by Crippen LogP contribution is -2.43. The zero-order valence-electron chi connectivity index (χ0n) is 16.8. The molecule has 0 saturated carbocycles. The maximum Gasteiger partial charge on any atom is 0.243 e. The minimum absolute atomic E-state index is 0.0464. The second-order valence-electron chi connectivity index (χ2n) is 7.65. The Bertz CT molecular complexity index is 833. The molecule has 1 saturated heterocycles. The van der Waals surface area contributed by atoms with Gasteiger partial charge in [-0.15, -0.1) is 0 Å². The van der Waals surface area contributed by atoms with Crippen LogP contribution in [0.4, 0.5) is 5.69 Å². The van der Waals surface area contributed by atoms with Crippen LogP contribution in [0.3, 0.4) is 0 Å². The van der Waals surface area contributed by atoms with Crippen molar-refractivity contribution < 1.29 is 9.59 Å². The molecule has 2 amide bonds. The Morgan fingerprint density at radius 2 is 1.76 bits per heavy atom. The molecule has 1 aliphatic rings. The summed E-state index contributed by atoms with van der Waals surface area (Å²) in [5, 5.41) is 6.10. The standard InChI is InChI=1S/C23H28ClN3O2/c1-17-20(24)8-5-9-21(17)26-22(28)15-25-23(29)16-27-12-10-19(11-13-27)14-18-6-3-2-4-7-18/h2-9,19H,10-16H2,1H3,(H,25,29)(H,26,28). The molecule has 5 nitrogen and oxygen atoms in total. The minimum atomic E-state index is -0.259. The van der Waals surface area contributed by atoms with Gasteiger partial charge in [0.1, 0.15) is 0 Å². The number of nitrogens with zero attached hydrogens (tertiary/aromatic N) is 1. The number of carbonyl (C=O) groups excluding carboxylic acids is 2. The first-order chi connectivity index (χ1) is 14.0. The lowest BCUT2D eigenvalue weighted by Gasteiger charge is -2.31. The smallest absolute Gasteiger partial charge is 0.243 e. The van der Waals surface area contributed by atoms with Crippen molar-refractivity contribution in [2.45, 2.75) is 26.2 Å². The first-order valence-corrected chi connectivity index (χ1v) is 10.5. The first-order valence-electron chi connectivity index (χ1n) is 10.1. The summed E-state index contributed by atoms with van der Waals surface area (Å²) in [4.78, 5) is 26.5. The summed E-state index contributed by atoms with van der Waals surface area (Å²) in [6.07, 6.45) is 3.29. The Labute approximate surface area is 177 Å². The maximum absolute atomic E-state index is 12.2. The van der Waals surface area contributed by atoms with Crippen molar-refractivity contribution in [3.63, 3.8) is 0 Å². The lowest BCUT2D eigenvalue weighted by molar-refractivity contribution is -0.125. The van der Waals surface area contributed by atoms with Gasteiger partial charge in [0.05, 0.1) is 13.1 Å². The molecule has 29 heavy (non-hydrogen) atoms. The van der Waals surface area contributed by atoms with Crippen LogP contribution in [0.15, 0.2) is 48.5 Å². The number of nitrogens with one attached hydrogen (secondary N) is 2. The van der Waals surface area contributed by atoms with E-state index in [9.17, 15) is 9.59 Å². The van der Waals surface area contributed by atoms with Crippen molar-refractivity contribution in [2.75, 3.05) is 31.5 Å². The second kappa shape index (κ2) is 10.4. The molecule has 6 heteroatoms. The molecule has 2 N–H and O–H groups in total. The van der Waals surface area contributed by atoms with E-state index in [0.29, 0.717) is 23.2 Å². The van der Waals surface area contributed by atoms with Gasteiger partial charge in [0.15, 0.2) is 0 Å². The Morgan fingerprint density at radius 3 is 2.48 bits per heavy atom. The third-order valence-electron chi connectivity index (χ3n) is 5.43. The predicted octanol–water partition coefficient (Wildman–Crippen LogP) is 3.66. The summed E-state index contributed by atoms with van der Waals surface area (Å²) in [7, 11) is 0. The van der Waals surface area contributed by atoms with Gasteiger partial charge in [-0.2, -0.15) is 0 Å². The molecule has 3 rings (SSSR count). The molecule has 0 unspecified atom stereocenters. The zero-order chi connectivity index (χ0) is 20.6. The van der Waals surface area contributed by atoms with Crippen LogP contribution in [-0.2, 0) is 16.0 Å². The van der Waals surface area contributed by atoms with E-state index in [2.05, 4.69) is 39.8 Å². The summed E-state index contributed by atoms with van der Waals surface area (Å²) in [5.74, 6) is 0.290. The summed E-state index contributed by atoms with van der Waals surface area (Å²) in [6, 6.07) is 15.9. The molecule has 0 aliphatic carbocycles. The highest BCUT2D eigenvalue weighted by Gasteiger charge is 2.21. The number of carbonyl (C=O) groups is 2. The normalized spacial score (nSPS) is 15.1. The van der Waals surface area contributed by atoms with E-state index in [1.807, 2.05) is 13.0 Å². The molecule has 0 atom stereocenters. The van der Waals surface area contributed by atoms with Crippen molar-refractivity contribution in [3.05, 3.63) is 64.7 Å². The molecule has 1 heterocycles. The van der Waals surface area contributed by atoms with Crippen LogP contribution < -0.4 is 10.6 Å². The lowest BCUT2D eigenvalue weighted by atomic mass is 9.90. The monoisotopic (exact) mass is 413 g/mol. The van der Waals surface area contributed by atoms with Gasteiger partial charge >= 0.3 is 0 Å². The zero-order valence-corrected chi connectivity index (χ0v) is 17.5. The number of hydrogen-bond donors (Lipinski definition) is 2. The number of likely N-dealkylation sites (tertiary alicyclic amines) is 1. The van der Waals surface area contributed by atoms with Crippen molar-refractivity contribution in [1.82, 2.24) is 10.2 Å². The number of amides is 2. The molecular weight excluding hydrogens is 386 g/mol. The number of halogens is 1. The van der Waals surface area contributed by atoms with Gasteiger partial charge in [-0.1, -0.05) is 48.0 Å². The van der Waals surface area contributed by atoms with Crippen LogP contribution >= 0.6 is 11.6 Å². The minimum Gasteiger partial charge on any atom is -0.346 e. The molecule has 0 radical (unpaired) electrons. The molecule has 2 aromatic carbocycles. The van der Waals surface area contributed by atoms with Crippen LogP contribution in [-0.4, -0.2) is 42.9 Å². The van der Waals surface area contributed by atoms with E-state index < -0.39 is 0 Å². The highest BCUT2D eigenvalue weighted by Crippen LogP contribution is 2.23. The fourth-order valence-electron chi connectivity index (χ4n) is 3.67. The van der Waals surface area contributed by atoms with E-state index in [1.165, 1.54) is 5.56 Å². The van der Waals surface area contributed by atoms with Gasteiger partial charge in [-0.3, -0.25) is 14.5 Å². The van der Waals surface area contributed by atoms with Crippen LogP contribution in [0.1, 0.15) is 24.0 Å². The fraction of sp³-hybridized carbons (Fsp3) is 0.391. The van der Waals surface area contributed by atoms with Crippen LogP contribution in [0.25, 0.3) is 0 Å². The number of hydrogen-bond acceptors (Lipinski definition) is 3. The predicted molar refractivity (Wildman–Crippen MR) is 117 cm³/mol. The van der Waals surface area contributed by atoms with Crippen LogP contribution in [0.2, 0.25) is 5.02 Å². The Hall–Kier alpha value is -2.37. The van der Waals surface area contributed by atoms with Gasteiger partial charge in [-0.05, 0) is 68.5 Å². The Balaban J connectivity index is 1.36. The third-order valence-corrected chi connectivity index (χ3v) is 5.84. The second-order valence-corrected chi connectivity index (χ2v) is 8.05. The van der Waals surface area contributed by atoms with Crippen LogP contribution in [0.5, 0.6) is 0 Å². The third kappa shape index (κ3) is 6.58. The summed E-state index contributed by atoms with van der Waals surface area (Å²) < 4.78 is 0. The van der Waals surface area contributed by atoms with Crippen molar-refractivity contribution in [3.8, 4) is 0 Å². The molecule has 1 aliphatic heterocycles. The topological polar surface area (TPSA) is 61.4 Å². The van der Waals surface area contributed by atoms with Gasteiger partial charge in [0, 0.05) is 10.7 Å². The van der Waals surface area contributed by atoms with Gasteiger partial charge in [-0.25, -0.2) is 0 Å². The largest absolute Gasteiger partial charge is 0.346 e. The van der Waals surface area contributed by atoms with Crippen molar-refractivity contribution in [2.24, 2.45) is 5.92 Å². The molecule has 0 aromatic heterocycles. The maximum atomic E-state index is 12.2. The van der Waals surface area contributed by atoms with Crippen molar-refractivity contribution in [1.29, 1.82) is 0 Å². The van der Waals surface area contributed by atoms with E-state index >= 15 is 0 Å². The van der Waals surface area contributed by atoms with Gasteiger partial charge in [0.25, 0.3) is 0 Å². The molecule has 0 spiro atoms. The number of benzene rings is 2. The Morgan fingerprint density at radius 1 is 1.03 bits per heavy atom. The average Bonchev–Trinajstić information content (AvgIpc) is 2.72. The number of piperidine rings is 1. The van der Waals surface area contributed by atoms with Gasteiger partial charge < -0.3 is 10.6 Å². The first kappa shape index (κ1) is 21.3. The molecule has 0 bridgehead atoms. The summed E-state index contributed by atoms with van der Waals surface area (Å²) in [5.41, 5.74) is 2.86. The van der Waals surface area contributed by atoms with E-state index in [4.69, 9.17) is 11.6 Å². The summed E-state index contributed by atoms with van der Waals surface area (Å²) in [6.45, 7) is 3.96. The highest BCUT2D eigenvalue weighted by atomic mass is 35.5. The van der Waals surface area contributed by atoms with Crippen molar-refractivity contribution >= 4 is 29.1 Å².